The van der Waals surface area contributed by atoms with Crippen LogP contribution >= 0.6 is 0 Å². The van der Waals surface area contributed by atoms with Gasteiger partial charge in [0.2, 0.25) is 5.89 Å². The number of aromatic amines is 1. The van der Waals surface area contributed by atoms with Crippen LogP contribution in [0.25, 0.3) is 22.2 Å². The third-order valence-electron chi connectivity index (χ3n) is 4.27. The molecule has 0 amide bonds. The number of nitrogens with one attached hydrogen (secondary N) is 1. The summed E-state index contributed by atoms with van der Waals surface area (Å²) in [6.45, 7) is 1.60. The molecule has 2 aromatic carbocycles. The van der Waals surface area contributed by atoms with Gasteiger partial charge in [-0.2, -0.15) is 5.10 Å². The highest BCUT2D eigenvalue weighted by atomic mass is 19.1. The summed E-state index contributed by atoms with van der Waals surface area (Å²) in [6, 6.07) is 12.5. The summed E-state index contributed by atoms with van der Waals surface area (Å²) in [5, 5.41) is 15.1. The molecule has 1 atom stereocenters. The zero-order valence-corrected chi connectivity index (χ0v) is 15.3. The third kappa shape index (κ3) is 3.88. The van der Waals surface area contributed by atoms with Gasteiger partial charge >= 0.3 is 5.97 Å². The molecule has 0 saturated carbocycles. The summed E-state index contributed by atoms with van der Waals surface area (Å²) < 4.78 is 23.9. The fraction of sp³-hybridized carbons (Fsp3) is 0.150. The van der Waals surface area contributed by atoms with E-state index in [0.717, 1.165) is 0 Å². The van der Waals surface area contributed by atoms with E-state index >= 15 is 0 Å². The Balaban J connectivity index is 1.47. The van der Waals surface area contributed by atoms with Gasteiger partial charge in [-0.3, -0.25) is 9.59 Å². The highest BCUT2D eigenvalue weighted by molar-refractivity contribution is 5.86. The first kappa shape index (κ1) is 18.5. The maximum absolute atomic E-state index is 13.0. The molecule has 0 radical (unpaired) electrons. The van der Waals surface area contributed by atoms with Crippen LogP contribution in [0.3, 0.4) is 0 Å². The van der Waals surface area contributed by atoms with Crippen LogP contribution in [0.15, 0.2) is 57.7 Å². The van der Waals surface area contributed by atoms with E-state index in [2.05, 4.69) is 20.4 Å². The molecular weight excluding hydrogens is 379 g/mol. The number of rotatable bonds is 5. The number of hydrogen-bond donors (Lipinski definition) is 1. The maximum Gasteiger partial charge on any atom is 0.312 e. The summed E-state index contributed by atoms with van der Waals surface area (Å²) in [6.07, 6.45) is -0.932. The molecule has 8 nitrogen and oxygen atoms in total. The van der Waals surface area contributed by atoms with E-state index in [-0.39, 0.29) is 29.6 Å². The third-order valence-corrected chi connectivity index (χ3v) is 4.27. The first-order valence-electron chi connectivity index (χ1n) is 8.76. The molecule has 29 heavy (non-hydrogen) atoms. The Bertz CT molecular complexity index is 1230. The molecule has 9 heteroatoms. The van der Waals surface area contributed by atoms with Crippen LogP contribution in [0.5, 0.6) is 0 Å². The Kier molecular flexibility index (Phi) is 4.86. The SMILES string of the molecule is C[C@H](OC(=O)Cc1n[nH]c(=O)c2ccccc12)c1nnc(-c2ccc(F)cc2)o1. The molecule has 0 fully saturated rings. The van der Waals surface area contributed by atoms with Crippen LogP contribution < -0.4 is 5.56 Å². The normalized spacial score (nSPS) is 12.1. The lowest BCUT2D eigenvalue weighted by atomic mass is 10.1. The minimum atomic E-state index is -0.793. The van der Waals surface area contributed by atoms with Gasteiger partial charge in [0.05, 0.1) is 17.5 Å². The Morgan fingerprint density at radius 3 is 2.62 bits per heavy atom. The topological polar surface area (TPSA) is 111 Å². The quantitative estimate of drug-likeness (QED) is 0.518. The molecule has 0 bridgehead atoms. The molecule has 1 N–H and O–H groups in total. The molecule has 4 aromatic rings. The number of aromatic nitrogens is 4. The Hall–Kier alpha value is -3.88. The van der Waals surface area contributed by atoms with Crippen LogP contribution in [-0.2, 0) is 16.0 Å². The van der Waals surface area contributed by atoms with Crippen molar-refractivity contribution in [2.45, 2.75) is 19.4 Å². The number of carbonyl (C=O) groups is 1. The van der Waals surface area contributed by atoms with E-state index in [1.807, 2.05) is 0 Å². The van der Waals surface area contributed by atoms with Crippen molar-refractivity contribution in [1.29, 1.82) is 0 Å². The van der Waals surface area contributed by atoms with Crippen molar-refractivity contribution < 1.29 is 18.3 Å². The molecule has 2 heterocycles. The molecular formula is C20H15FN4O4. The van der Waals surface area contributed by atoms with Crippen molar-refractivity contribution in [3.05, 3.63) is 76.3 Å². The van der Waals surface area contributed by atoms with E-state index in [0.29, 0.717) is 22.0 Å². The molecule has 0 aliphatic carbocycles. The second-order valence-corrected chi connectivity index (χ2v) is 6.31. The van der Waals surface area contributed by atoms with E-state index in [1.165, 1.54) is 24.3 Å². The highest BCUT2D eigenvalue weighted by Crippen LogP contribution is 2.23. The van der Waals surface area contributed by atoms with Crippen molar-refractivity contribution in [2.24, 2.45) is 0 Å². The molecule has 0 spiro atoms. The largest absolute Gasteiger partial charge is 0.452 e. The summed E-state index contributed by atoms with van der Waals surface area (Å²) in [7, 11) is 0. The number of esters is 1. The van der Waals surface area contributed by atoms with Crippen LogP contribution in [0.1, 0.15) is 24.6 Å². The van der Waals surface area contributed by atoms with Crippen LogP contribution in [0.4, 0.5) is 4.39 Å². The van der Waals surface area contributed by atoms with Gasteiger partial charge in [-0.15, -0.1) is 10.2 Å². The van der Waals surface area contributed by atoms with E-state index in [9.17, 15) is 14.0 Å². The van der Waals surface area contributed by atoms with Gasteiger partial charge in [0.15, 0.2) is 6.10 Å². The fourth-order valence-corrected chi connectivity index (χ4v) is 2.84. The second-order valence-electron chi connectivity index (χ2n) is 6.31. The number of halogens is 1. The fourth-order valence-electron chi connectivity index (χ4n) is 2.84. The average Bonchev–Trinajstić information content (AvgIpc) is 3.21. The molecule has 146 valence electrons. The standard InChI is InChI=1S/C20H15FN4O4/c1-11(19-24-25-20(29-19)12-6-8-13(21)9-7-12)28-17(26)10-16-14-4-2-3-5-15(14)18(27)23-22-16/h2-9,11H,10H2,1H3,(H,23,27)/t11-/m0/s1. The van der Waals surface area contributed by atoms with Crippen LogP contribution in [0.2, 0.25) is 0 Å². The number of ether oxygens (including phenoxy) is 1. The van der Waals surface area contributed by atoms with E-state index in [4.69, 9.17) is 9.15 Å². The van der Waals surface area contributed by atoms with Crippen molar-refractivity contribution in [1.82, 2.24) is 20.4 Å². The van der Waals surface area contributed by atoms with Crippen molar-refractivity contribution >= 4 is 16.7 Å². The number of benzene rings is 2. The number of hydrogen-bond acceptors (Lipinski definition) is 7. The van der Waals surface area contributed by atoms with Gasteiger partial charge < -0.3 is 9.15 Å². The molecule has 0 unspecified atom stereocenters. The van der Waals surface area contributed by atoms with Crippen molar-refractivity contribution in [2.75, 3.05) is 0 Å². The zero-order chi connectivity index (χ0) is 20.4. The number of fused-ring (bicyclic) bond motifs is 1. The lowest BCUT2D eigenvalue weighted by Gasteiger charge is -2.10. The lowest BCUT2D eigenvalue weighted by Crippen LogP contribution is -2.16. The predicted molar refractivity (Wildman–Crippen MR) is 100 cm³/mol. The van der Waals surface area contributed by atoms with Gasteiger partial charge in [0.1, 0.15) is 5.82 Å². The summed E-state index contributed by atoms with van der Waals surface area (Å²) in [5.41, 5.74) is 0.618. The summed E-state index contributed by atoms with van der Waals surface area (Å²) in [4.78, 5) is 24.2. The van der Waals surface area contributed by atoms with Gasteiger partial charge in [-0.05, 0) is 37.3 Å². The Morgan fingerprint density at radius 2 is 1.86 bits per heavy atom. The van der Waals surface area contributed by atoms with Gasteiger partial charge in [0.25, 0.3) is 11.4 Å². The summed E-state index contributed by atoms with van der Waals surface area (Å²) >= 11 is 0. The first-order valence-corrected chi connectivity index (χ1v) is 8.76. The smallest absolute Gasteiger partial charge is 0.312 e. The number of carbonyl (C=O) groups excluding carboxylic acids is 1. The molecule has 0 aliphatic heterocycles. The molecule has 4 rings (SSSR count). The second kappa shape index (κ2) is 7.63. The molecule has 0 saturated heterocycles. The lowest BCUT2D eigenvalue weighted by molar-refractivity contribution is -0.148. The van der Waals surface area contributed by atoms with Crippen molar-refractivity contribution in [3.8, 4) is 11.5 Å². The van der Waals surface area contributed by atoms with Crippen molar-refractivity contribution in [3.63, 3.8) is 0 Å². The van der Waals surface area contributed by atoms with Crippen LogP contribution in [0, 0.1) is 5.82 Å². The minimum Gasteiger partial charge on any atom is -0.452 e. The zero-order valence-electron chi connectivity index (χ0n) is 15.3. The van der Waals surface area contributed by atoms with E-state index < -0.39 is 12.1 Å². The van der Waals surface area contributed by atoms with Gasteiger partial charge in [-0.1, -0.05) is 18.2 Å². The first-order chi connectivity index (χ1) is 14.0. The van der Waals surface area contributed by atoms with Gasteiger partial charge in [-0.25, -0.2) is 9.49 Å². The number of nitrogens with zero attached hydrogens (tertiary/aromatic N) is 3. The Labute approximate surface area is 163 Å². The molecule has 2 aromatic heterocycles. The van der Waals surface area contributed by atoms with Gasteiger partial charge in [0, 0.05) is 10.9 Å². The van der Waals surface area contributed by atoms with E-state index in [1.54, 1.807) is 31.2 Å². The summed E-state index contributed by atoms with van der Waals surface area (Å²) in [5.74, 6) is -0.643. The monoisotopic (exact) mass is 394 g/mol. The average molecular weight is 394 g/mol. The van der Waals surface area contributed by atoms with Crippen LogP contribution in [-0.4, -0.2) is 26.4 Å². The number of H-pyrrole nitrogens is 1. The Morgan fingerprint density at radius 1 is 1.14 bits per heavy atom. The molecule has 0 aliphatic rings. The minimum absolute atomic E-state index is 0.108. The predicted octanol–water partition coefficient (Wildman–Crippen LogP) is 2.96. The highest BCUT2D eigenvalue weighted by Gasteiger charge is 2.20. The maximum atomic E-state index is 13.0.